The Balaban J connectivity index is 0.00000128. The van der Waals surface area contributed by atoms with Crippen LogP contribution in [-0.4, -0.2) is 18.0 Å². The van der Waals surface area contributed by atoms with E-state index in [1.165, 1.54) is 6.26 Å². The van der Waals surface area contributed by atoms with E-state index >= 15 is 0 Å². The number of rotatable bonds is 3. The summed E-state index contributed by atoms with van der Waals surface area (Å²) in [4.78, 5) is 11.6. The Kier molecular flexibility index (Phi) is 4.41. The lowest BCUT2D eigenvalue weighted by atomic mass is 9.78. The monoisotopic (exact) mass is 308 g/mol. The van der Waals surface area contributed by atoms with Crippen molar-refractivity contribution in [2.24, 2.45) is 5.73 Å². The predicted molar refractivity (Wildman–Crippen MR) is 66.8 cm³/mol. The van der Waals surface area contributed by atoms with Crippen LogP contribution in [0, 0.1) is 0 Å². The lowest BCUT2D eigenvalue weighted by Gasteiger charge is -2.37. The van der Waals surface area contributed by atoms with E-state index in [9.17, 15) is 4.79 Å². The highest BCUT2D eigenvalue weighted by atomic mass is 79.9. The molecule has 0 atom stereocenters. The van der Waals surface area contributed by atoms with E-state index in [0.717, 1.165) is 19.3 Å². The van der Waals surface area contributed by atoms with Gasteiger partial charge in [0.15, 0.2) is 0 Å². The second-order valence-electron chi connectivity index (χ2n) is 4.00. The summed E-state index contributed by atoms with van der Waals surface area (Å²) in [5.41, 5.74) is 5.79. The number of hydrogen-bond donors (Lipinski definition) is 2. The van der Waals surface area contributed by atoms with Crippen molar-refractivity contribution in [1.82, 2.24) is 5.32 Å². The molecule has 0 bridgehead atoms. The molecular weight excluding hydrogens is 295 g/mol. The largest absolute Gasteiger partial charge is 0.458 e. The van der Waals surface area contributed by atoms with Crippen molar-refractivity contribution in [3.63, 3.8) is 0 Å². The van der Waals surface area contributed by atoms with Gasteiger partial charge in [-0.15, -0.1) is 12.4 Å². The molecule has 3 N–H and O–H groups in total. The van der Waals surface area contributed by atoms with Gasteiger partial charge >= 0.3 is 0 Å². The number of carbonyl (C=O) groups is 1. The minimum atomic E-state index is -0.219. The summed E-state index contributed by atoms with van der Waals surface area (Å²) in [5, 5.41) is 2.78. The Morgan fingerprint density at radius 2 is 2.31 bits per heavy atom. The molecule has 0 aromatic carbocycles. The van der Waals surface area contributed by atoms with Crippen molar-refractivity contribution in [3.05, 3.63) is 22.6 Å². The smallest absolute Gasteiger partial charge is 0.288 e. The molecule has 90 valence electrons. The molecule has 1 aliphatic rings. The molecule has 1 aromatic rings. The van der Waals surface area contributed by atoms with Crippen LogP contribution in [-0.2, 0) is 0 Å². The molecule has 1 saturated carbocycles. The molecule has 0 aliphatic heterocycles. The molecule has 4 nitrogen and oxygen atoms in total. The summed E-state index contributed by atoms with van der Waals surface area (Å²) in [6.45, 7) is 0.513. The number of halogens is 2. The SMILES string of the molecule is Cl.NC1(CNC(=O)c2occc2Br)CCC1. The molecular formula is C10H14BrClN2O2. The summed E-state index contributed by atoms with van der Waals surface area (Å²) in [6.07, 6.45) is 4.58. The number of hydrogen-bond acceptors (Lipinski definition) is 3. The third-order valence-electron chi connectivity index (χ3n) is 2.77. The molecule has 1 heterocycles. The van der Waals surface area contributed by atoms with Crippen molar-refractivity contribution in [2.45, 2.75) is 24.8 Å². The second kappa shape index (κ2) is 5.21. The fraction of sp³-hybridized carbons (Fsp3) is 0.500. The number of amides is 1. The van der Waals surface area contributed by atoms with E-state index < -0.39 is 0 Å². The average Bonchev–Trinajstić information content (AvgIpc) is 2.58. The van der Waals surface area contributed by atoms with Crippen LogP contribution < -0.4 is 11.1 Å². The maximum absolute atomic E-state index is 11.6. The first-order valence-corrected chi connectivity index (χ1v) is 5.70. The Hall–Kier alpha value is -0.520. The van der Waals surface area contributed by atoms with Crippen molar-refractivity contribution >= 4 is 34.2 Å². The van der Waals surface area contributed by atoms with Crippen LogP contribution in [0.5, 0.6) is 0 Å². The fourth-order valence-corrected chi connectivity index (χ4v) is 1.98. The van der Waals surface area contributed by atoms with Crippen LogP contribution >= 0.6 is 28.3 Å². The zero-order valence-electron chi connectivity index (χ0n) is 8.66. The molecule has 1 amide bonds. The molecule has 0 saturated heterocycles. The molecule has 1 aromatic heterocycles. The summed E-state index contributed by atoms with van der Waals surface area (Å²) in [7, 11) is 0. The zero-order chi connectivity index (χ0) is 10.9. The van der Waals surface area contributed by atoms with E-state index in [2.05, 4.69) is 21.2 Å². The van der Waals surface area contributed by atoms with Gasteiger partial charge in [-0.25, -0.2) is 0 Å². The highest BCUT2D eigenvalue weighted by molar-refractivity contribution is 9.10. The van der Waals surface area contributed by atoms with Gasteiger partial charge in [0.1, 0.15) is 0 Å². The maximum atomic E-state index is 11.6. The van der Waals surface area contributed by atoms with Crippen molar-refractivity contribution < 1.29 is 9.21 Å². The van der Waals surface area contributed by atoms with E-state index in [4.69, 9.17) is 10.2 Å². The van der Waals surface area contributed by atoms with E-state index in [0.29, 0.717) is 16.8 Å². The summed E-state index contributed by atoms with van der Waals surface area (Å²) < 4.78 is 5.71. The van der Waals surface area contributed by atoms with Crippen molar-refractivity contribution in [1.29, 1.82) is 0 Å². The minimum Gasteiger partial charge on any atom is -0.458 e. The van der Waals surface area contributed by atoms with Gasteiger partial charge in [0, 0.05) is 12.1 Å². The molecule has 16 heavy (non-hydrogen) atoms. The first-order valence-electron chi connectivity index (χ1n) is 4.91. The van der Waals surface area contributed by atoms with Gasteiger partial charge < -0.3 is 15.5 Å². The third-order valence-corrected chi connectivity index (χ3v) is 3.40. The quantitative estimate of drug-likeness (QED) is 0.898. The molecule has 0 radical (unpaired) electrons. The van der Waals surface area contributed by atoms with Crippen molar-refractivity contribution in [3.8, 4) is 0 Å². The van der Waals surface area contributed by atoms with Gasteiger partial charge in [0.25, 0.3) is 5.91 Å². The summed E-state index contributed by atoms with van der Waals surface area (Å²) in [6, 6.07) is 1.69. The predicted octanol–water partition coefficient (Wildman–Crippen LogP) is 2.08. The van der Waals surface area contributed by atoms with Crippen LogP contribution in [0.15, 0.2) is 21.2 Å². The van der Waals surface area contributed by atoms with Gasteiger partial charge in [0.05, 0.1) is 10.7 Å². The van der Waals surface area contributed by atoms with Crippen LogP contribution in [0.1, 0.15) is 29.8 Å². The van der Waals surface area contributed by atoms with Gasteiger partial charge in [-0.3, -0.25) is 4.79 Å². The Bertz CT molecular complexity index is 377. The fourth-order valence-electron chi connectivity index (χ4n) is 1.60. The molecule has 6 heteroatoms. The maximum Gasteiger partial charge on any atom is 0.288 e. The standard InChI is InChI=1S/C10H13BrN2O2.ClH/c11-7-2-5-15-8(7)9(14)13-6-10(12)3-1-4-10;/h2,5H,1,3-4,6,12H2,(H,13,14);1H. The normalized spacial score (nSPS) is 17.1. The second-order valence-corrected chi connectivity index (χ2v) is 4.85. The number of carbonyl (C=O) groups excluding carboxylic acids is 1. The molecule has 0 unspecified atom stereocenters. The summed E-state index contributed by atoms with van der Waals surface area (Å²) in [5.74, 6) is 0.0847. The first kappa shape index (κ1) is 13.5. The highest BCUT2D eigenvalue weighted by Gasteiger charge is 2.33. The lowest BCUT2D eigenvalue weighted by Crippen LogP contribution is -2.54. The number of nitrogens with two attached hydrogens (primary N) is 1. The molecule has 2 rings (SSSR count). The first-order chi connectivity index (χ1) is 7.11. The van der Waals surface area contributed by atoms with Crippen LogP contribution in [0.25, 0.3) is 0 Å². The van der Waals surface area contributed by atoms with Crippen LogP contribution in [0.3, 0.4) is 0 Å². The average molecular weight is 310 g/mol. The Labute approximate surface area is 108 Å². The zero-order valence-corrected chi connectivity index (χ0v) is 11.1. The Morgan fingerprint density at radius 1 is 1.62 bits per heavy atom. The van der Waals surface area contributed by atoms with E-state index in [-0.39, 0.29) is 23.9 Å². The molecule has 1 aliphatic carbocycles. The third kappa shape index (κ3) is 2.78. The lowest BCUT2D eigenvalue weighted by molar-refractivity contribution is 0.0901. The molecule has 1 fully saturated rings. The van der Waals surface area contributed by atoms with Gasteiger partial charge in [0.2, 0.25) is 5.76 Å². The molecule has 0 spiro atoms. The van der Waals surface area contributed by atoms with E-state index in [1.54, 1.807) is 6.07 Å². The van der Waals surface area contributed by atoms with Crippen molar-refractivity contribution in [2.75, 3.05) is 6.54 Å². The van der Waals surface area contributed by atoms with E-state index in [1.807, 2.05) is 0 Å². The summed E-state index contributed by atoms with van der Waals surface area (Å²) >= 11 is 3.23. The van der Waals surface area contributed by atoms with Gasteiger partial charge in [-0.2, -0.15) is 0 Å². The Morgan fingerprint density at radius 3 is 2.75 bits per heavy atom. The van der Waals surface area contributed by atoms with Crippen LogP contribution in [0.4, 0.5) is 0 Å². The number of furan rings is 1. The van der Waals surface area contributed by atoms with Crippen LogP contribution in [0.2, 0.25) is 0 Å². The topological polar surface area (TPSA) is 68.3 Å². The highest BCUT2D eigenvalue weighted by Crippen LogP contribution is 2.28. The minimum absolute atomic E-state index is 0. The number of nitrogens with one attached hydrogen (secondary N) is 1. The van der Waals surface area contributed by atoms with Gasteiger partial charge in [-0.1, -0.05) is 0 Å². The van der Waals surface area contributed by atoms with Gasteiger partial charge in [-0.05, 0) is 41.3 Å².